The fourth-order valence-electron chi connectivity index (χ4n) is 2.77. The highest BCUT2D eigenvalue weighted by Crippen LogP contribution is 2.21. The van der Waals surface area contributed by atoms with Gasteiger partial charge in [-0.3, -0.25) is 9.59 Å². The third-order valence-electron chi connectivity index (χ3n) is 4.16. The summed E-state index contributed by atoms with van der Waals surface area (Å²) in [6.07, 6.45) is 0.639. The summed E-state index contributed by atoms with van der Waals surface area (Å²) >= 11 is 5.77. The van der Waals surface area contributed by atoms with Gasteiger partial charge in [-0.2, -0.15) is 0 Å². The van der Waals surface area contributed by atoms with E-state index in [4.69, 9.17) is 16.3 Å². The molecule has 0 aromatic heterocycles. The molecule has 7 nitrogen and oxygen atoms in total. The number of likely N-dealkylation sites (tertiary alicyclic amines) is 1. The van der Waals surface area contributed by atoms with Gasteiger partial charge in [0.1, 0.15) is 6.04 Å². The van der Waals surface area contributed by atoms with Gasteiger partial charge in [0.15, 0.2) is 0 Å². The number of carbonyl (C=O) groups is 3. The van der Waals surface area contributed by atoms with Crippen molar-refractivity contribution in [3.05, 3.63) is 34.9 Å². The zero-order valence-electron chi connectivity index (χ0n) is 13.9. The number of halogens is 1. The maximum atomic E-state index is 12.3. The maximum Gasteiger partial charge on any atom is 0.326 e. The molecule has 1 aliphatic heterocycles. The predicted octanol–water partition coefficient (Wildman–Crippen LogP) is 1.55. The van der Waals surface area contributed by atoms with Crippen LogP contribution in [0.1, 0.15) is 29.6 Å². The van der Waals surface area contributed by atoms with Gasteiger partial charge >= 0.3 is 5.97 Å². The number of ether oxygens (including phenoxy) is 1. The van der Waals surface area contributed by atoms with Crippen LogP contribution >= 0.6 is 11.6 Å². The van der Waals surface area contributed by atoms with E-state index in [1.807, 2.05) is 0 Å². The highest BCUT2D eigenvalue weighted by molar-refractivity contribution is 6.30. The van der Waals surface area contributed by atoms with Crippen LogP contribution in [0.4, 0.5) is 0 Å². The molecule has 2 atom stereocenters. The molecule has 1 aliphatic rings. The molecule has 0 aliphatic carbocycles. The van der Waals surface area contributed by atoms with Crippen LogP contribution < -0.4 is 5.32 Å². The highest BCUT2D eigenvalue weighted by atomic mass is 35.5. The normalized spacial score (nSPS) is 19.7. The van der Waals surface area contributed by atoms with Crippen molar-refractivity contribution in [1.82, 2.24) is 10.2 Å². The summed E-state index contributed by atoms with van der Waals surface area (Å²) in [5, 5.41) is 12.5. The zero-order valence-corrected chi connectivity index (χ0v) is 14.7. The van der Waals surface area contributed by atoms with E-state index < -0.39 is 12.0 Å². The Labute approximate surface area is 150 Å². The second-order valence-electron chi connectivity index (χ2n) is 5.86. The molecule has 136 valence electrons. The topological polar surface area (TPSA) is 95.9 Å². The fraction of sp³-hybridized carbons (Fsp3) is 0.471. The highest BCUT2D eigenvalue weighted by Gasteiger charge is 2.39. The van der Waals surface area contributed by atoms with Crippen LogP contribution in [0.5, 0.6) is 0 Å². The van der Waals surface area contributed by atoms with Crippen molar-refractivity contribution >= 4 is 29.4 Å². The van der Waals surface area contributed by atoms with E-state index in [2.05, 4.69) is 5.32 Å². The van der Waals surface area contributed by atoms with Gasteiger partial charge in [-0.1, -0.05) is 11.6 Å². The summed E-state index contributed by atoms with van der Waals surface area (Å²) in [5.74, 6) is -1.51. The van der Waals surface area contributed by atoms with Crippen molar-refractivity contribution in [2.24, 2.45) is 0 Å². The molecule has 2 amide bonds. The van der Waals surface area contributed by atoms with E-state index in [1.165, 1.54) is 12.0 Å². The predicted molar refractivity (Wildman–Crippen MR) is 91.6 cm³/mol. The van der Waals surface area contributed by atoms with E-state index in [0.29, 0.717) is 30.0 Å². The molecular weight excluding hydrogens is 348 g/mol. The number of hydrogen-bond donors (Lipinski definition) is 2. The number of rotatable bonds is 7. The second kappa shape index (κ2) is 8.82. The van der Waals surface area contributed by atoms with Gasteiger partial charge in [-0.05, 0) is 30.7 Å². The van der Waals surface area contributed by atoms with Crippen molar-refractivity contribution < 1.29 is 24.2 Å². The minimum absolute atomic E-state index is 0.168. The molecule has 25 heavy (non-hydrogen) atoms. The van der Waals surface area contributed by atoms with Gasteiger partial charge < -0.3 is 20.1 Å². The molecule has 8 heteroatoms. The molecule has 2 unspecified atom stereocenters. The lowest BCUT2D eigenvalue weighted by molar-refractivity contribution is -0.148. The Kier molecular flexibility index (Phi) is 6.78. The van der Waals surface area contributed by atoms with Crippen molar-refractivity contribution in [2.75, 3.05) is 20.2 Å². The van der Waals surface area contributed by atoms with Gasteiger partial charge in [-0.25, -0.2) is 4.79 Å². The first-order chi connectivity index (χ1) is 11.9. The lowest BCUT2D eigenvalue weighted by Gasteiger charge is -2.21. The molecule has 1 fully saturated rings. The van der Waals surface area contributed by atoms with Crippen LogP contribution in [0.2, 0.25) is 5.02 Å². The molecule has 0 saturated carbocycles. The van der Waals surface area contributed by atoms with Gasteiger partial charge in [0.25, 0.3) is 5.91 Å². The Morgan fingerprint density at radius 1 is 1.32 bits per heavy atom. The van der Waals surface area contributed by atoms with Crippen LogP contribution in [0, 0.1) is 0 Å². The first kappa shape index (κ1) is 19.2. The van der Waals surface area contributed by atoms with Gasteiger partial charge in [0.05, 0.1) is 6.10 Å². The van der Waals surface area contributed by atoms with Gasteiger partial charge in [0.2, 0.25) is 5.91 Å². The summed E-state index contributed by atoms with van der Waals surface area (Å²) in [7, 11) is 1.50. The Morgan fingerprint density at radius 2 is 2.00 bits per heavy atom. The number of amides is 2. The van der Waals surface area contributed by atoms with E-state index in [9.17, 15) is 19.5 Å². The van der Waals surface area contributed by atoms with Crippen molar-refractivity contribution in [1.29, 1.82) is 0 Å². The fourth-order valence-corrected chi connectivity index (χ4v) is 2.89. The number of carbonyl (C=O) groups excluding carboxylic acids is 2. The smallest absolute Gasteiger partial charge is 0.326 e. The maximum absolute atomic E-state index is 12.3. The lowest BCUT2D eigenvalue weighted by atomic mass is 10.2. The quantitative estimate of drug-likeness (QED) is 0.712. The summed E-state index contributed by atoms with van der Waals surface area (Å²) in [6, 6.07) is 5.66. The van der Waals surface area contributed by atoms with Crippen LogP contribution in [0.3, 0.4) is 0 Å². The standard InChI is InChI=1S/C17H21ClN2O5/c1-25-13-9-14(17(23)24)20(10-13)15(21)3-2-8-19-16(22)11-4-6-12(18)7-5-11/h4-7,13-14H,2-3,8-10H2,1H3,(H,19,22)(H,23,24). The Morgan fingerprint density at radius 3 is 2.60 bits per heavy atom. The van der Waals surface area contributed by atoms with Crippen LogP contribution in [-0.4, -0.2) is 60.1 Å². The number of hydrogen-bond acceptors (Lipinski definition) is 4. The summed E-state index contributed by atoms with van der Waals surface area (Å²) in [4.78, 5) is 36.8. The van der Waals surface area contributed by atoms with E-state index >= 15 is 0 Å². The van der Waals surface area contributed by atoms with Gasteiger partial charge in [-0.15, -0.1) is 0 Å². The minimum atomic E-state index is -1.02. The van der Waals surface area contributed by atoms with Crippen molar-refractivity contribution in [2.45, 2.75) is 31.4 Å². The number of carboxylic acids is 1. The SMILES string of the molecule is COC1CC(C(=O)O)N(C(=O)CCCNC(=O)c2ccc(Cl)cc2)C1. The third-order valence-corrected chi connectivity index (χ3v) is 4.41. The first-order valence-corrected chi connectivity index (χ1v) is 8.39. The number of nitrogens with one attached hydrogen (secondary N) is 1. The molecule has 1 aromatic carbocycles. The Bertz CT molecular complexity index is 634. The molecule has 2 N–H and O–H groups in total. The van der Waals surface area contributed by atoms with Crippen molar-refractivity contribution in [3.63, 3.8) is 0 Å². The monoisotopic (exact) mass is 368 g/mol. The molecule has 1 aromatic rings. The second-order valence-corrected chi connectivity index (χ2v) is 6.30. The van der Waals surface area contributed by atoms with Crippen LogP contribution in [0.25, 0.3) is 0 Å². The number of methoxy groups -OCH3 is 1. The molecule has 0 spiro atoms. The number of aliphatic carboxylic acids is 1. The zero-order chi connectivity index (χ0) is 18.4. The average molecular weight is 369 g/mol. The van der Waals surface area contributed by atoms with E-state index in [1.54, 1.807) is 24.3 Å². The molecule has 0 bridgehead atoms. The molecule has 1 saturated heterocycles. The molecule has 0 radical (unpaired) electrons. The average Bonchev–Trinajstić information content (AvgIpc) is 3.04. The first-order valence-electron chi connectivity index (χ1n) is 8.01. The summed E-state index contributed by atoms with van der Waals surface area (Å²) < 4.78 is 5.16. The number of benzene rings is 1. The minimum Gasteiger partial charge on any atom is -0.480 e. The van der Waals surface area contributed by atoms with Crippen LogP contribution in [-0.2, 0) is 14.3 Å². The Hall–Kier alpha value is -2.12. The van der Waals surface area contributed by atoms with Gasteiger partial charge in [0, 0.05) is 43.6 Å². The van der Waals surface area contributed by atoms with Crippen LogP contribution in [0.15, 0.2) is 24.3 Å². The van der Waals surface area contributed by atoms with E-state index in [0.717, 1.165) is 0 Å². The number of carboxylic acid groups (broad SMARTS) is 1. The van der Waals surface area contributed by atoms with E-state index in [-0.39, 0.29) is 30.9 Å². The third kappa shape index (κ3) is 5.17. The van der Waals surface area contributed by atoms with Crippen molar-refractivity contribution in [3.8, 4) is 0 Å². The summed E-state index contributed by atoms with van der Waals surface area (Å²) in [5.41, 5.74) is 0.490. The lowest BCUT2D eigenvalue weighted by Crippen LogP contribution is -2.40. The molecular formula is C17H21ClN2O5. The largest absolute Gasteiger partial charge is 0.480 e. The Balaban J connectivity index is 1.77. The molecule has 1 heterocycles. The summed E-state index contributed by atoms with van der Waals surface area (Å²) in [6.45, 7) is 0.607. The number of nitrogens with zero attached hydrogens (tertiary/aromatic N) is 1. The molecule has 2 rings (SSSR count).